The Kier molecular flexibility index (Phi) is 5.06. The molecule has 2 aromatic rings. The standard InChI is InChI=1S/C19H25N3O3/c1-12(2)17(18(23)22-9-5-4-6-13(22)3)25-19(24)14-7-8-16-15(10-14)11-20-21-16/h7-8,10-13,17H,4-6,9H2,1-3H3,(H,20,21). The molecule has 1 fully saturated rings. The average Bonchev–Trinajstić information content (AvgIpc) is 3.06. The van der Waals surface area contributed by atoms with E-state index in [-0.39, 0.29) is 17.9 Å². The lowest BCUT2D eigenvalue weighted by Crippen LogP contribution is -2.49. The van der Waals surface area contributed by atoms with Crippen LogP contribution < -0.4 is 0 Å². The summed E-state index contributed by atoms with van der Waals surface area (Å²) in [5, 5.41) is 7.64. The number of rotatable bonds is 4. The highest BCUT2D eigenvalue weighted by Crippen LogP contribution is 2.22. The van der Waals surface area contributed by atoms with E-state index in [1.54, 1.807) is 24.4 Å². The molecule has 0 spiro atoms. The zero-order valence-electron chi connectivity index (χ0n) is 15.0. The molecule has 134 valence electrons. The van der Waals surface area contributed by atoms with Gasteiger partial charge in [-0.2, -0.15) is 5.10 Å². The molecule has 6 nitrogen and oxygen atoms in total. The fourth-order valence-corrected chi connectivity index (χ4v) is 3.31. The summed E-state index contributed by atoms with van der Waals surface area (Å²) in [6.07, 6.45) is 4.05. The van der Waals surface area contributed by atoms with E-state index < -0.39 is 12.1 Å². The van der Waals surface area contributed by atoms with Gasteiger partial charge in [-0.1, -0.05) is 13.8 Å². The first-order chi connectivity index (χ1) is 12.0. The highest BCUT2D eigenvalue weighted by molar-refractivity contribution is 5.96. The molecule has 0 bridgehead atoms. The Morgan fingerprint density at radius 2 is 2.12 bits per heavy atom. The van der Waals surface area contributed by atoms with Crippen molar-refractivity contribution < 1.29 is 14.3 Å². The van der Waals surface area contributed by atoms with Gasteiger partial charge >= 0.3 is 5.97 Å². The SMILES string of the molecule is CC(C)C(OC(=O)c1ccc2[nH]ncc2c1)C(=O)N1CCCCC1C. The number of fused-ring (bicyclic) bond motifs is 1. The number of ether oxygens (including phenoxy) is 1. The lowest BCUT2D eigenvalue weighted by Gasteiger charge is -2.36. The summed E-state index contributed by atoms with van der Waals surface area (Å²) >= 11 is 0. The number of carbonyl (C=O) groups is 2. The van der Waals surface area contributed by atoms with E-state index >= 15 is 0 Å². The Morgan fingerprint density at radius 3 is 2.84 bits per heavy atom. The lowest BCUT2D eigenvalue weighted by molar-refractivity contribution is -0.146. The van der Waals surface area contributed by atoms with Crippen LogP contribution in [0.25, 0.3) is 10.9 Å². The summed E-state index contributed by atoms with van der Waals surface area (Å²) < 4.78 is 5.63. The van der Waals surface area contributed by atoms with E-state index in [1.165, 1.54) is 0 Å². The second-order valence-corrected chi connectivity index (χ2v) is 7.12. The van der Waals surface area contributed by atoms with Crippen molar-refractivity contribution in [1.82, 2.24) is 15.1 Å². The van der Waals surface area contributed by atoms with Gasteiger partial charge in [0.1, 0.15) is 0 Å². The molecule has 1 amide bonds. The number of piperidine rings is 1. The Morgan fingerprint density at radius 1 is 1.32 bits per heavy atom. The second-order valence-electron chi connectivity index (χ2n) is 7.12. The molecule has 6 heteroatoms. The van der Waals surface area contributed by atoms with Crippen LogP contribution in [0.5, 0.6) is 0 Å². The highest BCUT2D eigenvalue weighted by Gasteiger charge is 2.34. The molecule has 25 heavy (non-hydrogen) atoms. The first kappa shape index (κ1) is 17.5. The molecular weight excluding hydrogens is 318 g/mol. The minimum atomic E-state index is -0.756. The Labute approximate surface area is 147 Å². The summed E-state index contributed by atoms with van der Waals surface area (Å²) in [5.74, 6) is -0.636. The van der Waals surface area contributed by atoms with Crippen LogP contribution in [0.3, 0.4) is 0 Å². The minimum absolute atomic E-state index is 0.0803. The van der Waals surface area contributed by atoms with Gasteiger partial charge in [0.25, 0.3) is 5.91 Å². The molecule has 2 heterocycles. The van der Waals surface area contributed by atoms with Crippen LogP contribution in [0.4, 0.5) is 0 Å². The van der Waals surface area contributed by atoms with E-state index in [0.29, 0.717) is 5.56 Å². The van der Waals surface area contributed by atoms with E-state index in [0.717, 1.165) is 36.7 Å². The fourth-order valence-electron chi connectivity index (χ4n) is 3.31. The summed E-state index contributed by atoms with van der Waals surface area (Å²) in [6, 6.07) is 5.40. The molecule has 1 aliphatic rings. The molecule has 1 aliphatic heterocycles. The van der Waals surface area contributed by atoms with Gasteiger partial charge in [0.15, 0.2) is 6.10 Å². The molecule has 0 saturated carbocycles. The topological polar surface area (TPSA) is 75.3 Å². The first-order valence-electron chi connectivity index (χ1n) is 8.92. The maximum absolute atomic E-state index is 12.9. The highest BCUT2D eigenvalue weighted by atomic mass is 16.5. The summed E-state index contributed by atoms with van der Waals surface area (Å²) in [4.78, 5) is 27.4. The van der Waals surface area contributed by atoms with Gasteiger partial charge in [0.05, 0.1) is 17.3 Å². The number of benzene rings is 1. The number of aromatic nitrogens is 2. The van der Waals surface area contributed by atoms with Crippen LogP contribution in [-0.2, 0) is 9.53 Å². The number of carbonyl (C=O) groups excluding carboxylic acids is 2. The number of H-pyrrole nitrogens is 1. The molecule has 3 rings (SSSR count). The zero-order chi connectivity index (χ0) is 18.0. The van der Waals surface area contributed by atoms with Crippen LogP contribution >= 0.6 is 0 Å². The van der Waals surface area contributed by atoms with Crippen molar-refractivity contribution in [3.8, 4) is 0 Å². The van der Waals surface area contributed by atoms with Gasteiger partial charge in [-0.25, -0.2) is 4.79 Å². The fraction of sp³-hybridized carbons (Fsp3) is 0.526. The summed E-state index contributed by atoms with van der Waals surface area (Å²) in [6.45, 7) is 6.61. The van der Waals surface area contributed by atoms with E-state index in [9.17, 15) is 9.59 Å². The van der Waals surface area contributed by atoms with Gasteiger partial charge in [0, 0.05) is 18.0 Å². The Hall–Kier alpha value is -2.37. The second kappa shape index (κ2) is 7.25. The molecule has 0 radical (unpaired) electrons. The number of nitrogens with one attached hydrogen (secondary N) is 1. The first-order valence-corrected chi connectivity index (χ1v) is 8.92. The van der Waals surface area contributed by atoms with Gasteiger partial charge in [-0.05, 0) is 50.3 Å². The van der Waals surface area contributed by atoms with Crippen LogP contribution in [0, 0.1) is 5.92 Å². The van der Waals surface area contributed by atoms with E-state index in [4.69, 9.17) is 4.74 Å². The van der Waals surface area contributed by atoms with Crippen LogP contribution in [0.2, 0.25) is 0 Å². The number of hydrogen-bond acceptors (Lipinski definition) is 4. The smallest absolute Gasteiger partial charge is 0.338 e. The predicted octanol–water partition coefficient (Wildman–Crippen LogP) is 3.15. The Bertz CT molecular complexity index is 768. The molecule has 1 N–H and O–H groups in total. The van der Waals surface area contributed by atoms with Crippen molar-refractivity contribution in [3.63, 3.8) is 0 Å². The van der Waals surface area contributed by atoms with Crippen molar-refractivity contribution >= 4 is 22.8 Å². The van der Waals surface area contributed by atoms with Crippen molar-refractivity contribution in [1.29, 1.82) is 0 Å². The van der Waals surface area contributed by atoms with Gasteiger partial charge < -0.3 is 9.64 Å². The van der Waals surface area contributed by atoms with Crippen molar-refractivity contribution in [2.75, 3.05) is 6.54 Å². The quantitative estimate of drug-likeness (QED) is 0.865. The summed E-state index contributed by atoms with van der Waals surface area (Å²) in [5.41, 5.74) is 1.29. The maximum Gasteiger partial charge on any atom is 0.338 e. The molecule has 1 aromatic heterocycles. The summed E-state index contributed by atoms with van der Waals surface area (Å²) in [7, 11) is 0. The Balaban J connectivity index is 1.76. The van der Waals surface area contributed by atoms with E-state index in [2.05, 4.69) is 17.1 Å². The maximum atomic E-state index is 12.9. The number of aromatic amines is 1. The molecule has 2 atom stereocenters. The molecular formula is C19H25N3O3. The molecule has 1 saturated heterocycles. The van der Waals surface area contributed by atoms with Crippen LogP contribution in [0.15, 0.2) is 24.4 Å². The van der Waals surface area contributed by atoms with Crippen molar-refractivity contribution in [2.24, 2.45) is 5.92 Å². The van der Waals surface area contributed by atoms with E-state index in [1.807, 2.05) is 18.7 Å². The number of amides is 1. The normalized spacial score (nSPS) is 19.2. The third-order valence-corrected chi connectivity index (χ3v) is 4.84. The lowest BCUT2D eigenvalue weighted by atomic mass is 9.99. The average molecular weight is 343 g/mol. The third-order valence-electron chi connectivity index (χ3n) is 4.84. The van der Waals surface area contributed by atoms with Crippen molar-refractivity contribution in [2.45, 2.75) is 52.2 Å². The predicted molar refractivity (Wildman–Crippen MR) is 95.2 cm³/mol. The molecule has 1 aromatic carbocycles. The van der Waals surface area contributed by atoms with Gasteiger partial charge in [0.2, 0.25) is 0 Å². The minimum Gasteiger partial charge on any atom is -0.448 e. The number of likely N-dealkylation sites (tertiary alicyclic amines) is 1. The molecule has 2 unspecified atom stereocenters. The zero-order valence-corrected chi connectivity index (χ0v) is 15.0. The monoisotopic (exact) mass is 343 g/mol. The largest absolute Gasteiger partial charge is 0.448 e. The van der Waals surface area contributed by atoms with Gasteiger partial charge in [-0.3, -0.25) is 9.89 Å². The number of hydrogen-bond donors (Lipinski definition) is 1. The number of esters is 1. The third kappa shape index (κ3) is 3.67. The van der Waals surface area contributed by atoms with Crippen LogP contribution in [-0.4, -0.2) is 45.7 Å². The number of nitrogens with zero attached hydrogens (tertiary/aromatic N) is 2. The van der Waals surface area contributed by atoms with Crippen molar-refractivity contribution in [3.05, 3.63) is 30.0 Å². The van der Waals surface area contributed by atoms with Gasteiger partial charge in [-0.15, -0.1) is 0 Å². The molecule has 0 aliphatic carbocycles. The van der Waals surface area contributed by atoms with Crippen LogP contribution in [0.1, 0.15) is 50.4 Å².